The second-order valence-corrected chi connectivity index (χ2v) is 5.05. The standard InChI is InChI=1S/C15H21NO4/c1-10(11-6-8-16-9-7-11)20-14-12(15(17)18)4-3-5-13(14)19-2/h3-5,10-11,16H,6-9H2,1-2H3,(H,17,18). The fourth-order valence-corrected chi connectivity index (χ4v) is 2.56. The molecular weight excluding hydrogens is 258 g/mol. The van der Waals surface area contributed by atoms with Crippen molar-refractivity contribution < 1.29 is 19.4 Å². The van der Waals surface area contributed by atoms with Crippen LogP contribution in [0.2, 0.25) is 0 Å². The Labute approximate surface area is 118 Å². The molecule has 1 fully saturated rings. The van der Waals surface area contributed by atoms with Gasteiger partial charge in [0.2, 0.25) is 0 Å². The van der Waals surface area contributed by atoms with Crippen molar-refractivity contribution in [2.45, 2.75) is 25.9 Å². The number of benzene rings is 1. The van der Waals surface area contributed by atoms with Gasteiger partial charge in [-0.1, -0.05) is 6.07 Å². The number of carboxylic acids is 1. The Hall–Kier alpha value is -1.75. The van der Waals surface area contributed by atoms with Crippen molar-refractivity contribution in [2.24, 2.45) is 5.92 Å². The molecule has 5 heteroatoms. The van der Waals surface area contributed by atoms with E-state index in [2.05, 4.69) is 5.32 Å². The molecule has 0 aromatic heterocycles. The van der Waals surface area contributed by atoms with E-state index in [1.165, 1.54) is 13.2 Å². The van der Waals surface area contributed by atoms with E-state index in [0.717, 1.165) is 25.9 Å². The maximum absolute atomic E-state index is 11.3. The minimum Gasteiger partial charge on any atom is -0.493 e. The second kappa shape index (κ2) is 6.61. The Morgan fingerprint density at radius 2 is 2.10 bits per heavy atom. The van der Waals surface area contributed by atoms with Crippen molar-refractivity contribution in [3.63, 3.8) is 0 Å². The molecule has 1 unspecified atom stereocenters. The summed E-state index contributed by atoms with van der Waals surface area (Å²) in [5.41, 5.74) is 0.144. The zero-order chi connectivity index (χ0) is 14.5. The third-order valence-electron chi connectivity index (χ3n) is 3.78. The van der Waals surface area contributed by atoms with Gasteiger partial charge in [0.1, 0.15) is 5.56 Å². The van der Waals surface area contributed by atoms with Gasteiger partial charge in [-0.3, -0.25) is 0 Å². The van der Waals surface area contributed by atoms with Crippen LogP contribution < -0.4 is 14.8 Å². The molecule has 0 amide bonds. The fourth-order valence-electron chi connectivity index (χ4n) is 2.56. The summed E-state index contributed by atoms with van der Waals surface area (Å²) in [5.74, 6) is 0.221. The first-order chi connectivity index (χ1) is 9.63. The first kappa shape index (κ1) is 14.7. The van der Waals surface area contributed by atoms with Gasteiger partial charge in [0.05, 0.1) is 13.2 Å². The maximum Gasteiger partial charge on any atom is 0.339 e. The molecule has 20 heavy (non-hydrogen) atoms. The van der Waals surface area contributed by atoms with E-state index in [-0.39, 0.29) is 11.7 Å². The third-order valence-corrected chi connectivity index (χ3v) is 3.78. The molecule has 1 aliphatic heterocycles. The number of rotatable bonds is 5. The monoisotopic (exact) mass is 279 g/mol. The van der Waals surface area contributed by atoms with Crippen LogP contribution in [-0.2, 0) is 0 Å². The number of ether oxygens (including phenoxy) is 2. The molecule has 1 atom stereocenters. The van der Waals surface area contributed by atoms with Gasteiger partial charge in [-0.2, -0.15) is 0 Å². The number of aromatic carboxylic acids is 1. The quantitative estimate of drug-likeness (QED) is 0.864. The highest BCUT2D eigenvalue weighted by Crippen LogP contribution is 2.33. The number of carboxylic acid groups (broad SMARTS) is 1. The zero-order valence-corrected chi connectivity index (χ0v) is 11.9. The van der Waals surface area contributed by atoms with Crippen molar-refractivity contribution in [1.29, 1.82) is 0 Å². The molecule has 1 saturated heterocycles. The Morgan fingerprint density at radius 1 is 1.40 bits per heavy atom. The Kier molecular flexibility index (Phi) is 4.84. The number of carbonyl (C=O) groups is 1. The topological polar surface area (TPSA) is 67.8 Å². The van der Waals surface area contributed by atoms with Gasteiger partial charge < -0.3 is 19.9 Å². The molecule has 1 heterocycles. The minimum atomic E-state index is -1.00. The normalized spacial score (nSPS) is 17.5. The summed E-state index contributed by atoms with van der Waals surface area (Å²) in [5, 5.41) is 12.6. The van der Waals surface area contributed by atoms with Gasteiger partial charge in [-0.15, -0.1) is 0 Å². The average molecular weight is 279 g/mol. The maximum atomic E-state index is 11.3. The van der Waals surface area contributed by atoms with Crippen LogP contribution in [0.1, 0.15) is 30.1 Å². The predicted octanol–water partition coefficient (Wildman–Crippen LogP) is 2.16. The van der Waals surface area contributed by atoms with Gasteiger partial charge in [-0.25, -0.2) is 4.79 Å². The van der Waals surface area contributed by atoms with Gasteiger partial charge in [-0.05, 0) is 50.9 Å². The van der Waals surface area contributed by atoms with E-state index in [1.54, 1.807) is 12.1 Å². The molecule has 0 radical (unpaired) electrons. The average Bonchev–Trinajstić information content (AvgIpc) is 2.48. The molecule has 5 nitrogen and oxygen atoms in total. The lowest BCUT2D eigenvalue weighted by Crippen LogP contribution is -2.35. The Morgan fingerprint density at radius 3 is 2.70 bits per heavy atom. The van der Waals surface area contributed by atoms with Crippen molar-refractivity contribution in [2.75, 3.05) is 20.2 Å². The summed E-state index contributed by atoms with van der Waals surface area (Å²) in [6, 6.07) is 4.91. The van der Waals surface area contributed by atoms with E-state index >= 15 is 0 Å². The van der Waals surface area contributed by atoms with Crippen molar-refractivity contribution in [3.8, 4) is 11.5 Å². The van der Waals surface area contributed by atoms with E-state index in [4.69, 9.17) is 9.47 Å². The molecule has 110 valence electrons. The third kappa shape index (κ3) is 3.22. The molecule has 0 bridgehead atoms. The van der Waals surface area contributed by atoms with Crippen LogP contribution >= 0.6 is 0 Å². The highest BCUT2D eigenvalue weighted by molar-refractivity contribution is 5.92. The highest BCUT2D eigenvalue weighted by atomic mass is 16.5. The highest BCUT2D eigenvalue weighted by Gasteiger charge is 2.24. The van der Waals surface area contributed by atoms with Crippen LogP contribution in [0.15, 0.2) is 18.2 Å². The molecule has 0 spiro atoms. The second-order valence-electron chi connectivity index (χ2n) is 5.05. The number of piperidine rings is 1. The predicted molar refractivity (Wildman–Crippen MR) is 75.6 cm³/mol. The van der Waals surface area contributed by atoms with Gasteiger partial charge in [0, 0.05) is 0 Å². The summed E-state index contributed by atoms with van der Waals surface area (Å²) < 4.78 is 11.2. The number of methoxy groups -OCH3 is 1. The fraction of sp³-hybridized carbons (Fsp3) is 0.533. The minimum absolute atomic E-state index is 0.0356. The van der Waals surface area contributed by atoms with Gasteiger partial charge in [0.25, 0.3) is 0 Å². The lowest BCUT2D eigenvalue weighted by molar-refractivity contribution is 0.0680. The SMILES string of the molecule is COc1cccc(C(=O)O)c1OC(C)C1CCNCC1. The summed E-state index contributed by atoms with van der Waals surface area (Å²) in [7, 11) is 1.52. The van der Waals surface area contributed by atoms with E-state index < -0.39 is 5.97 Å². The number of para-hydroxylation sites is 1. The van der Waals surface area contributed by atoms with Crippen LogP contribution in [0.3, 0.4) is 0 Å². The lowest BCUT2D eigenvalue weighted by Gasteiger charge is -2.29. The molecular formula is C15H21NO4. The molecule has 2 rings (SSSR count). The van der Waals surface area contributed by atoms with Gasteiger partial charge in [0.15, 0.2) is 11.5 Å². The molecule has 0 aliphatic carbocycles. The number of nitrogens with one attached hydrogen (secondary N) is 1. The summed E-state index contributed by atoms with van der Waals surface area (Å²) >= 11 is 0. The first-order valence-corrected chi connectivity index (χ1v) is 6.91. The van der Waals surface area contributed by atoms with E-state index in [9.17, 15) is 9.90 Å². The molecule has 1 aromatic rings. The first-order valence-electron chi connectivity index (χ1n) is 6.91. The smallest absolute Gasteiger partial charge is 0.339 e. The number of hydrogen-bond donors (Lipinski definition) is 2. The Bertz CT molecular complexity index is 469. The van der Waals surface area contributed by atoms with Crippen LogP contribution in [0, 0.1) is 5.92 Å². The molecule has 1 aromatic carbocycles. The van der Waals surface area contributed by atoms with Crippen molar-refractivity contribution >= 4 is 5.97 Å². The Balaban J connectivity index is 2.20. The van der Waals surface area contributed by atoms with Gasteiger partial charge >= 0.3 is 5.97 Å². The number of hydrogen-bond acceptors (Lipinski definition) is 4. The van der Waals surface area contributed by atoms with Crippen LogP contribution in [0.4, 0.5) is 0 Å². The summed E-state index contributed by atoms with van der Waals surface area (Å²) in [4.78, 5) is 11.3. The van der Waals surface area contributed by atoms with Crippen LogP contribution in [-0.4, -0.2) is 37.4 Å². The van der Waals surface area contributed by atoms with Crippen LogP contribution in [0.5, 0.6) is 11.5 Å². The summed E-state index contributed by atoms with van der Waals surface area (Å²) in [6.07, 6.45) is 2.05. The van der Waals surface area contributed by atoms with Crippen LogP contribution in [0.25, 0.3) is 0 Å². The largest absolute Gasteiger partial charge is 0.493 e. The van der Waals surface area contributed by atoms with Crippen molar-refractivity contribution in [3.05, 3.63) is 23.8 Å². The molecule has 1 aliphatic rings. The lowest BCUT2D eigenvalue weighted by atomic mass is 9.93. The van der Waals surface area contributed by atoms with E-state index in [1.807, 2.05) is 6.92 Å². The van der Waals surface area contributed by atoms with E-state index in [0.29, 0.717) is 17.4 Å². The summed E-state index contributed by atoms with van der Waals surface area (Å²) in [6.45, 7) is 3.96. The zero-order valence-electron chi connectivity index (χ0n) is 11.9. The van der Waals surface area contributed by atoms with Crippen molar-refractivity contribution in [1.82, 2.24) is 5.32 Å². The molecule has 2 N–H and O–H groups in total. The molecule has 0 saturated carbocycles.